The predicted molar refractivity (Wildman–Crippen MR) is 154 cm³/mol. The summed E-state index contributed by atoms with van der Waals surface area (Å²) < 4.78 is 41.4. The summed E-state index contributed by atoms with van der Waals surface area (Å²) in [5, 5.41) is 6.13. The van der Waals surface area contributed by atoms with Gasteiger partial charge in [-0.2, -0.15) is 0 Å². The van der Waals surface area contributed by atoms with Crippen LogP contribution in [0, 0.1) is 13.8 Å². The van der Waals surface area contributed by atoms with Crippen LogP contribution in [0.15, 0.2) is 72.9 Å². The van der Waals surface area contributed by atoms with E-state index in [2.05, 4.69) is 50.2 Å². The van der Waals surface area contributed by atoms with E-state index in [0.29, 0.717) is 28.5 Å². The van der Waals surface area contributed by atoms with Crippen LogP contribution in [0.4, 0.5) is 30.5 Å². The molecule has 0 aliphatic carbocycles. The van der Waals surface area contributed by atoms with Gasteiger partial charge in [0.1, 0.15) is 5.75 Å². The Morgan fingerprint density at radius 3 is 2.24 bits per heavy atom. The van der Waals surface area contributed by atoms with E-state index in [4.69, 9.17) is 0 Å². The number of carbonyl (C=O) groups is 1. The highest BCUT2D eigenvalue weighted by molar-refractivity contribution is 6.04. The Labute approximate surface area is 237 Å². The molecule has 41 heavy (non-hydrogen) atoms. The molecule has 4 rings (SSSR count). The van der Waals surface area contributed by atoms with Gasteiger partial charge < -0.3 is 15.4 Å². The number of rotatable bonds is 10. The molecule has 0 unspecified atom stereocenters. The maximum atomic E-state index is 13.0. The van der Waals surface area contributed by atoms with E-state index in [1.807, 2.05) is 26.0 Å². The zero-order chi connectivity index (χ0) is 29.6. The Hall–Kier alpha value is -4.44. The van der Waals surface area contributed by atoms with Crippen LogP contribution >= 0.6 is 0 Å². The Bertz CT molecular complexity index is 1490. The molecular formula is C31H32F3N5O2. The highest BCUT2D eigenvalue weighted by Gasteiger charge is 2.31. The standard InChI is InChI=1S/C31H32F3N5O2/c1-5-39(6-2)19-22-8-7-20(3)27(17-22)37-29(40)24-9-13-25(14-10-24)36-30-35-18-21(4)28(38-30)23-11-15-26(16-12-23)41-31(32,33)34/h7-18H,5-6,19H2,1-4H3,(H,37,40)(H,35,36,38). The number of hydrogen-bond donors (Lipinski definition) is 2. The van der Waals surface area contributed by atoms with Crippen molar-refractivity contribution in [1.82, 2.24) is 14.9 Å². The molecule has 1 amide bonds. The highest BCUT2D eigenvalue weighted by atomic mass is 19.4. The Morgan fingerprint density at radius 2 is 1.61 bits per heavy atom. The average molecular weight is 564 g/mol. The minimum absolute atomic E-state index is 0.216. The molecule has 3 aromatic carbocycles. The van der Waals surface area contributed by atoms with Crippen molar-refractivity contribution in [2.45, 2.75) is 40.6 Å². The molecular weight excluding hydrogens is 531 g/mol. The highest BCUT2D eigenvalue weighted by Crippen LogP contribution is 2.28. The van der Waals surface area contributed by atoms with E-state index in [1.54, 1.807) is 30.5 Å². The van der Waals surface area contributed by atoms with Crippen LogP contribution in [-0.2, 0) is 6.54 Å². The maximum absolute atomic E-state index is 13.0. The van der Waals surface area contributed by atoms with E-state index in [1.165, 1.54) is 24.3 Å². The number of ether oxygens (including phenoxy) is 1. The molecule has 1 aromatic heterocycles. The number of anilines is 3. The minimum Gasteiger partial charge on any atom is -0.406 e. The fourth-order valence-electron chi connectivity index (χ4n) is 4.25. The number of alkyl halides is 3. The lowest BCUT2D eigenvalue weighted by molar-refractivity contribution is -0.274. The van der Waals surface area contributed by atoms with Gasteiger partial charge in [0.2, 0.25) is 5.95 Å². The normalized spacial score (nSPS) is 11.4. The number of hydrogen-bond acceptors (Lipinski definition) is 6. The van der Waals surface area contributed by atoms with Gasteiger partial charge in [0.05, 0.1) is 5.69 Å². The molecule has 0 radical (unpaired) electrons. The number of aromatic nitrogens is 2. The Morgan fingerprint density at radius 1 is 0.927 bits per heavy atom. The zero-order valence-corrected chi connectivity index (χ0v) is 23.3. The summed E-state index contributed by atoms with van der Waals surface area (Å²) in [5.74, 6) is -0.219. The second kappa shape index (κ2) is 12.8. The monoisotopic (exact) mass is 563 g/mol. The van der Waals surface area contributed by atoms with Gasteiger partial charge in [-0.25, -0.2) is 9.97 Å². The van der Waals surface area contributed by atoms with Crippen molar-refractivity contribution in [3.8, 4) is 17.0 Å². The number of nitrogens with one attached hydrogen (secondary N) is 2. The van der Waals surface area contributed by atoms with Crippen molar-refractivity contribution in [2.75, 3.05) is 23.7 Å². The van der Waals surface area contributed by atoms with Crippen molar-refractivity contribution in [2.24, 2.45) is 0 Å². The van der Waals surface area contributed by atoms with Gasteiger partial charge in [0, 0.05) is 35.2 Å². The molecule has 0 atom stereocenters. The van der Waals surface area contributed by atoms with Gasteiger partial charge in [-0.15, -0.1) is 13.2 Å². The van der Waals surface area contributed by atoms with Crippen LogP contribution in [0.2, 0.25) is 0 Å². The number of amides is 1. The van der Waals surface area contributed by atoms with E-state index in [0.717, 1.165) is 42.0 Å². The first-order valence-electron chi connectivity index (χ1n) is 13.2. The first-order chi connectivity index (χ1) is 19.5. The van der Waals surface area contributed by atoms with Crippen LogP contribution in [0.25, 0.3) is 11.3 Å². The van der Waals surface area contributed by atoms with Gasteiger partial charge >= 0.3 is 6.36 Å². The molecule has 0 bridgehead atoms. The van der Waals surface area contributed by atoms with Crippen LogP contribution in [-0.4, -0.2) is 40.2 Å². The summed E-state index contributed by atoms with van der Waals surface area (Å²) in [4.78, 5) is 24.1. The predicted octanol–water partition coefficient (Wildman–Crippen LogP) is 7.50. The quantitative estimate of drug-likeness (QED) is 0.208. The van der Waals surface area contributed by atoms with Crippen molar-refractivity contribution in [1.29, 1.82) is 0 Å². The molecule has 0 aliphatic rings. The average Bonchev–Trinajstić information content (AvgIpc) is 2.94. The second-order valence-electron chi connectivity index (χ2n) is 9.56. The number of benzene rings is 3. The third-order valence-corrected chi connectivity index (χ3v) is 6.59. The molecule has 0 fully saturated rings. The SMILES string of the molecule is CCN(CC)Cc1ccc(C)c(NC(=O)c2ccc(Nc3ncc(C)c(-c4ccc(OC(F)(F)F)cc4)n3)cc2)c1. The number of carbonyl (C=O) groups excluding carboxylic acids is 1. The van der Waals surface area contributed by atoms with E-state index in [9.17, 15) is 18.0 Å². The molecule has 214 valence electrons. The first-order valence-corrected chi connectivity index (χ1v) is 13.2. The summed E-state index contributed by atoms with van der Waals surface area (Å²) >= 11 is 0. The number of nitrogens with zero attached hydrogens (tertiary/aromatic N) is 3. The topological polar surface area (TPSA) is 79.4 Å². The first kappa shape index (κ1) is 29.5. The third kappa shape index (κ3) is 8.04. The number of halogens is 3. The van der Waals surface area contributed by atoms with Crippen molar-refractivity contribution in [3.05, 3.63) is 95.2 Å². The molecule has 1 heterocycles. The van der Waals surface area contributed by atoms with Crippen LogP contribution in [0.3, 0.4) is 0 Å². The third-order valence-electron chi connectivity index (χ3n) is 6.59. The lowest BCUT2D eigenvalue weighted by atomic mass is 10.1. The lowest BCUT2D eigenvalue weighted by Crippen LogP contribution is -2.22. The van der Waals surface area contributed by atoms with Crippen molar-refractivity contribution < 1.29 is 22.7 Å². The largest absolute Gasteiger partial charge is 0.573 e. The zero-order valence-electron chi connectivity index (χ0n) is 23.3. The molecule has 0 saturated carbocycles. The molecule has 2 N–H and O–H groups in total. The van der Waals surface area contributed by atoms with Crippen LogP contribution < -0.4 is 15.4 Å². The van der Waals surface area contributed by atoms with Crippen molar-refractivity contribution >= 4 is 23.2 Å². The van der Waals surface area contributed by atoms with Crippen molar-refractivity contribution in [3.63, 3.8) is 0 Å². The molecule has 0 aliphatic heterocycles. The molecule has 4 aromatic rings. The van der Waals surface area contributed by atoms with Gasteiger partial charge in [-0.3, -0.25) is 9.69 Å². The van der Waals surface area contributed by atoms with Gasteiger partial charge in [0.25, 0.3) is 5.91 Å². The molecule has 7 nitrogen and oxygen atoms in total. The maximum Gasteiger partial charge on any atom is 0.573 e. The summed E-state index contributed by atoms with van der Waals surface area (Å²) in [5.41, 5.74) is 6.00. The molecule has 10 heteroatoms. The van der Waals surface area contributed by atoms with E-state index in [-0.39, 0.29) is 11.7 Å². The minimum atomic E-state index is -4.76. The lowest BCUT2D eigenvalue weighted by Gasteiger charge is -2.19. The molecule has 0 spiro atoms. The second-order valence-corrected chi connectivity index (χ2v) is 9.56. The van der Waals surface area contributed by atoms with Crippen LogP contribution in [0.1, 0.15) is 40.9 Å². The van der Waals surface area contributed by atoms with Gasteiger partial charge in [-0.1, -0.05) is 26.0 Å². The summed E-state index contributed by atoms with van der Waals surface area (Å²) in [6.07, 6.45) is -3.13. The van der Waals surface area contributed by atoms with Gasteiger partial charge in [0.15, 0.2) is 0 Å². The number of aryl methyl sites for hydroxylation is 2. The summed E-state index contributed by atoms with van der Waals surface area (Å²) in [6, 6.07) is 18.5. The Kier molecular flexibility index (Phi) is 9.24. The fourth-order valence-corrected chi connectivity index (χ4v) is 4.25. The van der Waals surface area contributed by atoms with E-state index < -0.39 is 6.36 Å². The summed E-state index contributed by atoms with van der Waals surface area (Å²) in [7, 11) is 0. The van der Waals surface area contributed by atoms with Gasteiger partial charge in [-0.05, 0) is 98.2 Å². The van der Waals surface area contributed by atoms with Crippen LogP contribution in [0.5, 0.6) is 5.75 Å². The van der Waals surface area contributed by atoms with E-state index >= 15 is 0 Å². The Balaban J connectivity index is 1.43. The summed E-state index contributed by atoms with van der Waals surface area (Å²) in [6.45, 7) is 10.8. The fraction of sp³-hybridized carbons (Fsp3) is 0.258. The molecule has 0 saturated heterocycles. The smallest absolute Gasteiger partial charge is 0.406 e.